The monoisotopic (exact) mass is 482 g/mol. The van der Waals surface area contributed by atoms with Crippen molar-refractivity contribution in [2.75, 3.05) is 4.90 Å². The van der Waals surface area contributed by atoms with Gasteiger partial charge in [-0.25, -0.2) is 9.97 Å². The maximum absolute atomic E-state index is 13.1. The van der Waals surface area contributed by atoms with Crippen LogP contribution < -0.4 is 10.5 Å². The van der Waals surface area contributed by atoms with E-state index in [1.165, 1.54) is 40.0 Å². The van der Waals surface area contributed by atoms with Crippen LogP contribution in [0, 0.1) is 0 Å². The number of rotatable bonds is 5. The van der Waals surface area contributed by atoms with Gasteiger partial charge >= 0.3 is 0 Å². The first-order chi connectivity index (χ1) is 15.5. The maximum Gasteiger partial charge on any atom is 0.262 e. The minimum Gasteiger partial charge on any atom is -0.290 e. The van der Waals surface area contributed by atoms with E-state index in [4.69, 9.17) is 4.98 Å². The number of carbonyl (C=O) groups is 1. The molecule has 3 heterocycles. The van der Waals surface area contributed by atoms with E-state index in [2.05, 4.69) is 4.98 Å². The van der Waals surface area contributed by atoms with Crippen molar-refractivity contribution in [3.8, 4) is 0 Å². The lowest BCUT2D eigenvalue weighted by atomic mass is 9.97. The average molecular weight is 483 g/mol. The first-order valence-corrected chi connectivity index (χ1v) is 13.2. The summed E-state index contributed by atoms with van der Waals surface area (Å²) in [6.07, 6.45) is 4.37. The Morgan fingerprint density at radius 2 is 1.97 bits per heavy atom. The number of thiazole rings is 1. The van der Waals surface area contributed by atoms with Gasteiger partial charge in [0.25, 0.3) is 5.56 Å². The summed E-state index contributed by atoms with van der Waals surface area (Å²) in [5, 5.41) is 4.11. The first-order valence-electron chi connectivity index (χ1n) is 10.5. The Kier molecular flexibility index (Phi) is 5.88. The maximum atomic E-state index is 13.1. The quantitative estimate of drug-likeness (QED) is 0.285. The molecule has 0 saturated carbocycles. The largest absolute Gasteiger partial charge is 0.290 e. The average Bonchev–Trinajstić information content (AvgIpc) is 3.40. The number of carbonyl (C=O) groups excluding carboxylic acids is 1. The normalized spacial score (nSPS) is 13.3. The Morgan fingerprint density at radius 3 is 2.75 bits per heavy atom. The number of hydrogen-bond acceptors (Lipinski definition) is 7. The standard InChI is InChI=1S/C23H22N4O2S3/c1-14(28)27(16-8-4-3-5-9-16)23-24-15(13-31-23)12-30-22-25-20-19(21(29)26(22)2)17-10-6-7-11-18(17)32-20/h3-5,8-9,13H,6-7,10-12H2,1-2H3. The van der Waals surface area contributed by atoms with E-state index in [0.717, 1.165) is 40.9 Å². The molecule has 0 radical (unpaired) electrons. The smallest absolute Gasteiger partial charge is 0.262 e. The van der Waals surface area contributed by atoms with Gasteiger partial charge in [-0.05, 0) is 43.4 Å². The van der Waals surface area contributed by atoms with Crippen molar-refractivity contribution < 1.29 is 4.79 Å². The number of thiophene rings is 1. The Hall–Kier alpha value is -2.49. The van der Waals surface area contributed by atoms with Crippen molar-refractivity contribution in [1.82, 2.24) is 14.5 Å². The fourth-order valence-electron chi connectivity index (χ4n) is 4.00. The zero-order valence-electron chi connectivity index (χ0n) is 17.8. The Balaban J connectivity index is 1.40. The van der Waals surface area contributed by atoms with Crippen LogP contribution in [0.4, 0.5) is 10.8 Å². The number of benzene rings is 1. The van der Waals surface area contributed by atoms with Gasteiger partial charge in [-0.1, -0.05) is 30.0 Å². The molecule has 1 aromatic carbocycles. The van der Waals surface area contributed by atoms with E-state index in [9.17, 15) is 9.59 Å². The molecule has 9 heteroatoms. The minimum absolute atomic E-state index is 0.0442. The highest BCUT2D eigenvalue weighted by Gasteiger charge is 2.22. The number of thioether (sulfide) groups is 1. The molecule has 4 aromatic rings. The molecule has 6 nitrogen and oxygen atoms in total. The molecule has 0 saturated heterocycles. The number of para-hydroxylation sites is 1. The van der Waals surface area contributed by atoms with Gasteiger partial charge in [0.15, 0.2) is 10.3 Å². The van der Waals surface area contributed by atoms with Gasteiger partial charge in [-0.3, -0.25) is 19.1 Å². The second kappa shape index (κ2) is 8.80. The van der Waals surface area contributed by atoms with Gasteiger partial charge in [0.2, 0.25) is 5.91 Å². The van der Waals surface area contributed by atoms with Gasteiger partial charge in [0, 0.05) is 30.0 Å². The summed E-state index contributed by atoms with van der Waals surface area (Å²) in [5.74, 6) is 0.495. The fourth-order valence-corrected chi connectivity index (χ4v) is 7.16. The summed E-state index contributed by atoms with van der Waals surface area (Å²) in [6.45, 7) is 1.54. The summed E-state index contributed by atoms with van der Waals surface area (Å²) in [4.78, 5) is 38.7. The third kappa shape index (κ3) is 3.89. The number of hydrogen-bond donors (Lipinski definition) is 0. The van der Waals surface area contributed by atoms with Crippen LogP contribution in [-0.4, -0.2) is 20.4 Å². The molecule has 5 rings (SSSR count). The molecule has 1 aliphatic carbocycles. The Morgan fingerprint density at radius 1 is 1.19 bits per heavy atom. The van der Waals surface area contributed by atoms with Crippen LogP contribution >= 0.6 is 34.4 Å². The number of amides is 1. The lowest BCUT2D eigenvalue weighted by Gasteiger charge is -2.17. The first kappa shape index (κ1) is 21.4. The van der Waals surface area contributed by atoms with Crippen LogP contribution in [0.25, 0.3) is 10.2 Å². The molecular formula is C23H22N4O2S3. The lowest BCUT2D eigenvalue weighted by Crippen LogP contribution is -2.22. The molecule has 164 valence electrons. The van der Waals surface area contributed by atoms with E-state index >= 15 is 0 Å². The highest BCUT2D eigenvalue weighted by Crippen LogP contribution is 2.35. The lowest BCUT2D eigenvalue weighted by molar-refractivity contribution is -0.115. The van der Waals surface area contributed by atoms with E-state index < -0.39 is 0 Å². The summed E-state index contributed by atoms with van der Waals surface area (Å²) in [7, 11) is 1.79. The van der Waals surface area contributed by atoms with Gasteiger partial charge < -0.3 is 0 Å². The Bertz CT molecular complexity index is 1360. The molecule has 0 fully saturated rings. The zero-order chi connectivity index (χ0) is 22.2. The predicted molar refractivity (Wildman–Crippen MR) is 132 cm³/mol. The number of anilines is 2. The van der Waals surface area contributed by atoms with Crippen molar-refractivity contribution >= 4 is 61.4 Å². The summed E-state index contributed by atoms with van der Waals surface area (Å²) >= 11 is 4.61. The van der Waals surface area contributed by atoms with E-state index in [1.807, 2.05) is 35.7 Å². The number of aromatic nitrogens is 3. The van der Waals surface area contributed by atoms with Crippen molar-refractivity contribution in [2.24, 2.45) is 7.05 Å². The number of fused-ring (bicyclic) bond motifs is 3. The summed E-state index contributed by atoms with van der Waals surface area (Å²) in [6, 6.07) is 9.52. The molecule has 0 unspecified atom stereocenters. The van der Waals surface area contributed by atoms with Crippen LogP contribution in [0.5, 0.6) is 0 Å². The van der Waals surface area contributed by atoms with E-state index in [0.29, 0.717) is 16.0 Å². The molecule has 0 atom stereocenters. The summed E-state index contributed by atoms with van der Waals surface area (Å²) < 4.78 is 1.66. The molecule has 3 aromatic heterocycles. The predicted octanol–water partition coefficient (Wildman–Crippen LogP) is 5.31. The minimum atomic E-state index is -0.0825. The molecule has 0 aliphatic heterocycles. The molecule has 0 N–H and O–H groups in total. The van der Waals surface area contributed by atoms with Crippen LogP contribution in [0.2, 0.25) is 0 Å². The van der Waals surface area contributed by atoms with Crippen molar-refractivity contribution in [3.63, 3.8) is 0 Å². The highest BCUT2D eigenvalue weighted by molar-refractivity contribution is 7.98. The topological polar surface area (TPSA) is 68.1 Å². The summed E-state index contributed by atoms with van der Waals surface area (Å²) in [5.41, 5.74) is 2.92. The van der Waals surface area contributed by atoms with Crippen molar-refractivity contribution in [1.29, 1.82) is 0 Å². The zero-order valence-corrected chi connectivity index (χ0v) is 20.3. The molecular weight excluding hydrogens is 460 g/mol. The third-order valence-electron chi connectivity index (χ3n) is 5.56. The highest BCUT2D eigenvalue weighted by atomic mass is 32.2. The molecule has 0 bridgehead atoms. The van der Waals surface area contributed by atoms with Crippen molar-refractivity contribution in [2.45, 2.75) is 43.5 Å². The van der Waals surface area contributed by atoms with Crippen LogP contribution in [0.1, 0.15) is 35.9 Å². The second-order valence-corrected chi connectivity index (χ2v) is 10.6. The fraction of sp³-hybridized carbons (Fsp3) is 0.304. The Labute approximate surface area is 197 Å². The van der Waals surface area contributed by atoms with Gasteiger partial charge in [0.05, 0.1) is 16.8 Å². The number of nitrogens with zero attached hydrogens (tertiary/aromatic N) is 4. The van der Waals surface area contributed by atoms with Crippen LogP contribution in [0.3, 0.4) is 0 Å². The third-order valence-corrected chi connectivity index (χ3v) is 8.69. The molecule has 1 aliphatic rings. The molecule has 32 heavy (non-hydrogen) atoms. The second-order valence-electron chi connectivity index (χ2n) is 7.75. The van der Waals surface area contributed by atoms with E-state index in [1.54, 1.807) is 34.8 Å². The van der Waals surface area contributed by atoms with Crippen LogP contribution in [0.15, 0.2) is 45.7 Å². The SMILES string of the molecule is CC(=O)N(c1ccccc1)c1nc(CSc2nc3sc4c(c3c(=O)n2C)CCCC4)cs1. The van der Waals surface area contributed by atoms with Gasteiger partial charge in [0.1, 0.15) is 4.83 Å². The molecule has 1 amide bonds. The number of aryl methyl sites for hydroxylation is 2. The van der Waals surface area contributed by atoms with Crippen LogP contribution in [-0.2, 0) is 30.4 Å². The van der Waals surface area contributed by atoms with Crippen molar-refractivity contribution in [3.05, 3.63) is 62.2 Å². The van der Waals surface area contributed by atoms with E-state index in [-0.39, 0.29) is 11.5 Å². The van der Waals surface area contributed by atoms with Gasteiger partial charge in [-0.15, -0.1) is 22.7 Å². The molecule has 0 spiro atoms. The van der Waals surface area contributed by atoms with Gasteiger partial charge in [-0.2, -0.15) is 0 Å².